The van der Waals surface area contributed by atoms with Crippen molar-refractivity contribution in [2.45, 2.75) is 13.2 Å². The largest absolute Gasteiger partial charge is 0.493 e. The molecule has 2 heterocycles. The van der Waals surface area contributed by atoms with Crippen molar-refractivity contribution in [2.24, 2.45) is 7.05 Å². The first-order chi connectivity index (χ1) is 12.2. The summed E-state index contributed by atoms with van der Waals surface area (Å²) in [6, 6.07) is 10.7. The van der Waals surface area contributed by atoms with Crippen LogP contribution in [-0.2, 0) is 20.2 Å². The van der Waals surface area contributed by atoms with E-state index < -0.39 is 0 Å². The van der Waals surface area contributed by atoms with Crippen LogP contribution < -0.4 is 14.8 Å². The number of para-hydroxylation sites is 2. The highest BCUT2D eigenvalue weighted by atomic mass is 16.5. The first kappa shape index (κ1) is 16.6. The average molecular weight is 341 g/mol. The van der Waals surface area contributed by atoms with E-state index in [0.29, 0.717) is 23.8 Å². The van der Waals surface area contributed by atoms with Crippen LogP contribution >= 0.6 is 0 Å². The van der Waals surface area contributed by atoms with Gasteiger partial charge in [0.25, 0.3) is 5.91 Å². The normalized spacial score (nSPS) is 10.5. The van der Waals surface area contributed by atoms with E-state index in [1.54, 1.807) is 30.1 Å². The molecule has 2 aromatic heterocycles. The maximum atomic E-state index is 12.1. The molecule has 1 amide bonds. The van der Waals surface area contributed by atoms with Crippen molar-refractivity contribution < 1.29 is 18.7 Å². The van der Waals surface area contributed by atoms with Crippen molar-refractivity contribution in [3.05, 3.63) is 65.9 Å². The van der Waals surface area contributed by atoms with E-state index in [1.165, 1.54) is 0 Å². The molecule has 0 radical (unpaired) electrons. The number of carbonyl (C=O) groups is 1. The Morgan fingerprint density at radius 2 is 2.04 bits per heavy atom. The molecular formula is C18H19N3O4. The molecule has 0 aliphatic rings. The Labute approximate surface area is 145 Å². The van der Waals surface area contributed by atoms with Gasteiger partial charge in [-0.3, -0.25) is 9.48 Å². The predicted molar refractivity (Wildman–Crippen MR) is 90.4 cm³/mol. The molecule has 1 N–H and O–H groups in total. The van der Waals surface area contributed by atoms with Crippen molar-refractivity contribution in [1.29, 1.82) is 0 Å². The van der Waals surface area contributed by atoms with Crippen molar-refractivity contribution in [3.8, 4) is 11.5 Å². The molecule has 0 unspecified atom stereocenters. The Hall–Kier alpha value is -3.22. The molecule has 130 valence electrons. The Kier molecular flexibility index (Phi) is 5.03. The molecule has 0 spiro atoms. The maximum absolute atomic E-state index is 12.1. The number of nitrogens with one attached hydrogen (secondary N) is 1. The van der Waals surface area contributed by atoms with Gasteiger partial charge in [-0.05, 0) is 24.3 Å². The third-order valence-electron chi connectivity index (χ3n) is 3.54. The molecule has 0 atom stereocenters. The number of amides is 1. The lowest BCUT2D eigenvalue weighted by Crippen LogP contribution is -2.22. The fraction of sp³-hybridized carbons (Fsp3) is 0.222. The van der Waals surface area contributed by atoms with Crippen molar-refractivity contribution in [1.82, 2.24) is 15.1 Å². The summed E-state index contributed by atoms with van der Waals surface area (Å²) < 4.78 is 18.1. The quantitative estimate of drug-likeness (QED) is 0.714. The smallest absolute Gasteiger partial charge is 0.287 e. The molecule has 0 saturated heterocycles. The summed E-state index contributed by atoms with van der Waals surface area (Å²) in [5.74, 6) is 1.76. The van der Waals surface area contributed by atoms with E-state index in [-0.39, 0.29) is 18.3 Å². The number of carbonyl (C=O) groups excluding carboxylic acids is 1. The standard InChI is InChI=1S/C18H19N3O4/c1-21-11-13(10-20-21)9-19-18(22)17-8-7-14(25-17)12-24-16-6-4-3-5-15(16)23-2/h3-8,10-11H,9,12H2,1-2H3,(H,19,22). The van der Waals surface area contributed by atoms with Crippen LogP contribution in [0.4, 0.5) is 0 Å². The number of methoxy groups -OCH3 is 1. The van der Waals surface area contributed by atoms with Gasteiger partial charge < -0.3 is 19.2 Å². The van der Waals surface area contributed by atoms with Gasteiger partial charge in [0.2, 0.25) is 0 Å². The van der Waals surface area contributed by atoms with Crippen molar-refractivity contribution >= 4 is 5.91 Å². The lowest BCUT2D eigenvalue weighted by Gasteiger charge is -2.08. The number of aromatic nitrogens is 2. The maximum Gasteiger partial charge on any atom is 0.287 e. The third-order valence-corrected chi connectivity index (χ3v) is 3.54. The van der Waals surface area contributed by atoms with Gasteiger partial charge in [-0.25, -0.2) is 0 Å². The van der Waals surface area contributed by atoms with Crippen LogP contribution in [-0.4, -0.2) is 22.8 Å². The number of ether oxygens (including phenoxy) is 2. The topological polar surface area (TPSA) is 78.5 Å². The molecule has 1 aromatic carbocycles. The Morgan fingerprint density at radius 3 is 2.76 bits per heavy atom. The highest BCUT2D eigenvalue weighted by Crippen LogP contribution is 2.26. The van der Waals surface area contributed by atoms with Gasteiger partial charge in [0.15, 0.2) is 17.3 Å². The summed E-state index contributed by atoms with van der Waals surface area (Å²) in [5.41, 5.74) is 0.919. The zero-order valence-electron chi connectivity index (χ0n) is 14.1. The van der Waals surface area contributed by atoms with Crippen LogP contribution in [0.15, 0.2) is 53.2 Å². The summed E-state index contributed by atoms with van der Waals surface area (Å²) in [6.45, 7) is 0.594. The van der Waals surface area contributed by atoms with E-state index in [1.807, 2.05) is 37.5 Å². The Bertz CT molecular complexity index is 853. The molecule has 0 bridgehead atoms. The SMILES string of the molecule is COc1ccccc1OCc1ccc(C(=O)NCc2cnn(C)c2)o1. The highest BCUT2D eigenvalue weighted by Gasteiger charge is 2.12. The number of hydrogen-bond donors (Lipinski definition) is 1. The van der Waals surface area contributed by atoms with E-state index >= 15 is 0 Å². The van der Waals surface area contributed by atoms with Gasteiger partial charge in [0.1, 0.15) is 12.4 Å². The van der Waals surface area contributed by atoms with Crippen LogP contribution in [0, 0.1) is 0 Å². The minimum atomic E-state index is -0.285. The molecule has 3 aromatic rings. The van der Waals surface area contributed by atoms with Gasteiger partial charge in [0.05, 0.1) is 13.3 Å². The van der Waals surface area contributed by atoms with Crippen LogP contribution in [0.3, 0.4) is 0 Å². The van der Waals surface area contributed by atoms with E-state index in [2.05, 4.69) is 10.4 Å². The van der Waals surface area contributed by atoms with Gasteiger partial charge in [0, 0.05) is 25.4 Å². The van der Waals surface area contributed by atoms with Gasteiger partial charge >= 0.3 is 0 Å². The van der Waals surface area contributed by atoms with Crippen LogP contribution in [0.5, 0.6) is 11.5 Å². The minimum absolute atomic E-state index is 0.205. The molecule has 0 saturated carbocycles. The number of benzene rings is 1. The van der Waals surface area contributed by atoms with Gasteiger partial charge in [-0.15, -0.1) is 0 Å². The molecule has 3 rings (SSSR count). The van der Waals surface area contributed by atoms with Gasteiger partial charge in [-0.1, -0.05) is 12.1 Å². The summed E-state index contributed by atoms with van der Waals surface area (Å²) in [7, 11) is 3.41. The van der Waals surface area contributed by atoms with Crippen LogP contribution in [0.25, 0.3) is 0 Å². The summed E-state index contributed by atoms with van der Waals surface area (Å²) >= 11 is 0. The third kappa shape index (κ3) is 4.20. The first-order valence-electron chi connectivity index (χ1n) is 7.76. The molecule has 0 aliphatic heterocycles. The fourth-order valence-corrected chi connectivity index (χ4v) is 2.30. The zero-order valence-corrected chi connectivity index (χ0v) is 14.1. The first-order valence-corrected chi connectivity index (χ1v) is 7.76. The van der Waals surface area contributed by atoms with E-state index in [0.717, 1.165) is 5.56 Å². The van der Waals surface area contributed by atoms with E-state index in [9.17, 15) is 4.79 Å². The Balaban J connectivity index is 1.55. The number of nitrogens with zero attached hydrogens (tertiary/aromatic N) is 2. The molecule has 7 heteroatoms. The lowest BCUT2D eigenvalue weighted by atomic mass is 10.3. The Morgan fingerprint density at radius 1 is 1.24 bits per heavy atom. The zero-order chi connectivity index (χ0) is 17.6. The van der Waals surface area contributed by atoms with Crippen molar-refractivity contribution in [2.75, 3.05) is 7.11 Å². The lowest BCUT2D eigenvalue weighted by molar-refractivity contribution is 0.0919. The summed E-state index contributed by atoms with van der Waals surface area (Å²) in [4.78, 5) is 12.1. The van der Waals surface area contributed by atoms with E-state index in [4.69, 9.17) is 13.9 Å². The molecular weight excluding hydrogens is 322 g/mol. The monoisotopic (exact) mass is 341 g/mol. The second kappa shape index (κ2) is 7.57. The second-order valence-corrected chi connectivity index (χ2v) is 5.41. The van der Waals surface area contributed by atoms with Crippen molar-refractivity contribution in [3.63, 3.8) is 0 Å². The number of rotatable bonds is 7. The number of aryl methyl sites for hydroxylation is 1. The number of furan rings is 1. The molecule has 25 heavy (non-hydrogen) atoms. The van der Waals surface area contributed by atoms with Crippen LogP contribution in [0.2, 0.25) is 0 Å². The fourth-order valence-electron chi connectivity index (χ4n) is 2.30. The number of hydrogen-bond acceptors (Lipinski definition) is 5. The molecule has 0 fully saturated rings. The average Bonchev–Trinajstić information content (AvgIpc) is 3.27. The van der Waals surface area contributed by atoms with Gasteiger partial charge in [-0.2, -0.15) is 5.10 Å². The summed E-state index contributed by atoms with van der Waals surface area (Å²) in [5, 5.41) is 6.84. The highest BCUT2D eigenvalue weighted by molar-refractivity contribution is 5.91. The predicted octanol–water partition coefficient (Wildman–Crippen LogP) is 2.53. The summed E-state index contributed by atoms with van der Waals surface area (Å²) in [6.07, 6.45) is 3.55. The van der Waals surface area contributed by atoms with Crippen LogP contribution in [0.1, 0.15) is 21.9 Å². The second-order valence-electron chi connectivity index (χ2n) is 5.41. The minimum Gasteiger partial charge on any atom is -0.493 e. The molecule has 7 nitrogen and oxygen atoms in total. The molecule has 0 aliphatic carbocycles.